The zero-order chi connectivity index (χ0) is 21.5. The van der Waals surface area contributed by atoms with E-state index < -0.39 is 17.6 Å². The lowest BCUT2D eigenvalue weighted by Crippen LogP contribution is -2.17. The maximum atomic E-state index is 13.2. The van der Waals surface area contributed by atoms with Crippen LogP contribution in [0.1, 0.15) is 28.7 Å². The number of rotatable bonds is 4. The predicted molar refractivity (Wildman–Crippen MR) is 104 cm³/mol. The first-order valence-electron chi connectivity index (χ1n) is 9.14. The van der Waals surface area contributed by atoms with Crippen LogP contribution in [-0.2, 0) is 12.7 Å². The molecule has 0 bridgehead atoms. The second-order valence-electron chi connectivity index (χ2n) is 6.59. The van der Waals surface area contributed by atoms with Gasteiger partial charge in [-0.2, -0.15) is 23.4 Å². The Hall–Kier alpha value is -3.69. The van der Waals surface area contributed by atoms with Crippen molar-refractivity contribution in [1.82, 2.24) is 24.4 Å². The molecule has 154 valence electrons. The van der Waals surface area contributed by atoms with Gasteiger partial charge in [0.2, 0.25) is 0 Å². The first-order chi connectivity index (χ1) is 14.3. The smallest absolute Gasteiger partial charge is 0.320 e. The van der Waals surface area contributed by atoms with Crippen molar-refractivity contribution in [2.75, 3.05) is 5.32 Å². The fourth-order valence-electron chi connectivity index (χ4n) is 3.25. The Morgan fingerprint density at radius 1 is 1.20 bits per heavy atom. The highest BCUT2D eigenvalue weighted by atomic mass is 19.4. The average Bonchev–Trinajstić information content (AvgIpc) is 3.31. The average molecular weight is 414 g/mol. The maximum absolute atomic E-state index is 13.2. The molecule has 3 heterocycles. The van der Waals surface area contributed by atoms with Crippen molar-refractivity contribution in [3.63, 3.8) is 0 Å². The molecule has 1 amide bonds. The molecule has 10 heteroatoms. The van der Waals surface area contributed by atoms with Gasteiger partial charge in [0, 0.05) is 30.1 Å². The second kappa shape index (κ2) is 7.29. The molecule has 0 atom stereocenters. The molecule has 0 aliphatic heterocycles. The number of benzene rings is 1. The molecule has 0 saturated heterocycles. The lowest BCUT2D eigenvalue weighted by molar-refractivity contribution is -0.136. The van der Waals surface area contributed by atoms with Crippen molar-refractivity contribution in [3.8, 4) is 11.3 Å². The van der Waals surface area contributed by atoms with E-state index in [1.54, 1.807) is 18.5 Å². The molecule has 0 aliphatic carbocycles. The summed E-state index contributed by atoms with van der Waals surface area (Å²) in [4.78, 5) is 16.8. The van der Waals surface area contributed by atoms with Crippen LogP contribution in [0.5, 0.6) is 0 Å². The molecule has 0 radical (unpaired) electrons. The van der Waals surface area contributed by atoms with Crippen molar-refractivity contribution < 1.29 is 18.0 Å². The number of hydrogen-bond acceptors (Lipinski definition) is 4. The van der Waals surface area contributed by atoms with E-state index in [0.29, 0.717) is 17.9 Å². The van der Waals surface area contributed by atoms with E-state index in [0.717, 1.165) is 17.3 Å². The van der Waals surface area contributed by atoms with Crippen molar-refractivity contribution in [2.24, 2.45) is 0 Å². The number of para-hydroxylation sites is 1. The van der Waals surface area contributed by atoms with Crippen molar-refractivity contribution >= 4 is 17.2 Å². The predicted octanol–water partition coefficient (Wildman–Crippen LogP) is 4.19. The first kappa shape index (κ1) is 19.6. The Bertz CT molecular complexity index is 1240. The number of anilines is 1. The number of fused-ring (bicyclic) bond motifs is 1. The van der Waals surface area contributed by atoms with Crippen LogP contribution in [0, 0.1) is 6.92 Å². The first-order valence-corrected chi connectivity index (χ1v) is 9.14. The molecule has 4 rings (SSSR count). The lowest BCUT2D eigenvalue weighted by atomic mass is 10.1. The van der Waals surface area contributed by atoms with Gasteiger partial charge in [-0.05, 0) is 32.0 Å². The van der Waals surface area contributed by atoms with E-state index >= 15 is 0 Å². The molecule has 1 N–H and O–H groups in total. The zero-order valence-corrected chi connectivity index (χ0v) is 16.1. The summed E-state index contributed by atoms with van der Waals surface area (Å²) in [5.41, 5.74) is 1.50. The summed E-state index contributed by atoms with van der Waals surface area (Å²) < 4.78 is 42.9. The Balaban J connectivity index is 1.72. The van der Waals surface area contributed by atoms with Gasteiger partial charge in [0.15, 0.2) is 11.3 Å². The number of aryl methyl sites for hydroxylation is 1. The molecule has 4 aromatic rings. The third-order valence-electron chi connectivity index (χ3n) is 4.75. The van der Waals surface area contributed by atoms with Crippen LogP contribution < -0.4 is 5.32 Å². The molecule has 1 aromatic carbocycles. The van der Waals surface area contributed by atoms with Gasteiger partial charge in [-0.25, -0.2) is 9.50 Å². The Morgan fingerprint density at radius 3 is 2.67 bits per heavy atom. The number of amides is 1. The highest BCUT2D eigenvalue weighted by Gasteiger charge is 2.33. The standard InChI is InChI=1S/C20H17F3N6O/c1-3-28-12(2)13(11-25-28)17-8-9-24-18-10-16(27-29(17)18)19(30)26-15-7-5-4-6-14(15)20(21,22)23/h4-11H,3H2,1-2H3,(H,26,30). The number of hydrogen-bond donors (Lipinski definition) is 1. The van der Waals surface area contributed by atoms with Gasteiger partial charge in [-0.15, -0.1) is 0 Å². The molecule has 0 unspecified atom stereocenters. The molecular formula is C20H17F3N6O. The van der Waals surface area contributed by atoms with Crippen LogP contribution in [0.25, 0.3) is 16.9 Å². The monoisotopic (exact) mass is 414 g/mol. The number of carbonyl (C=O) groups is 1. The Labute approximate surface area is 169 Å². The summed E-state index contributed by atoms with van der Waals surface area (Å²) >= 11 is 0. The topological polar surface area (TPSA) is 77.1 Å². The van der Waals surface area contributed by atoms with Crippen molar-refractivity contribution in [3.05, 3.63) is 65.7 Å². The lowest BCUT2D eigenvalue weighted by Gasteiger charge is -2.12. The van der Waals surface area contributed by atoms with E-state index in [1.165, 1.54) is 28.8 Å². The zero-order valence-electron chi connectivity index (χ0n) is 16.1. The molecular weight excluding hydrogens is 397 g/mol. The van der Waals surface area contributed by atoms with Gasteiger partial charge in [-0.1, -0.05) is 12.1 Å². The normalized spacial score (nSPS) is 11.8. The number of halogens is 3. The Kier molecular flexibility index (Phi) is 4.76. The van der Waals surface area contributed by atoms with Crippen LogP contribution in [0.4, 0.5) is 18.9 Å². The molecule has 0 aliphatic rings. The summed E-state index contributed by atoms with van der Waals surface area (Å²) in [5, 5.41) is 10.9. The summed E-state index contributed by atoms with van der Waals surface area (Å²) in [6.07, 6.45) is -1.31. The van der Waals surface area contributed by atoms with Crippen molar-refractivity contribution in [2.45, 2.75) is 26.6 Å². The van der Waals surface area contributed by atoms with Gasteiger partial charge < -0.3 is 5.32 Å². The Morgan fingerprint density at radius 2 is 1.97 bits per heavy atom. The summed E-state index contributed by atoms with van der Waals surface area (Å²) in [7, 11) is 0. The van der Waals surface area contributed by atoms with E-state index in [9.17, 15) is 18.0 Å². The maximum Gasteiger partial charge on any atom is 0.418 e. The number of nitrogens with one attached hydrogen (secondary N) is 1. The molecule has 0 saturated carbocycles. The SMILES string of the molecule is CCn1ncc(-c2ccnc3cc(C(=O)Nc4ccccc4C(F)(F)F)nn23)c1C. The van der Waals surface area contributed by atoms with Crippen LogP contribution in [0.2, 0.25) is 0 Å². The molecule has 7 nitrogen and oxygen atoms in total. The van der Waals surface area contributed by atoms with E-state index in [-0.39, 0.29) is 11.4 Å². The van der Waals surface area contributed by atoms with Crippen LogP contribution in [0.3, 0.4) is 0 Å². The largest absolute Gasteiger partial charge is 0.418 e. The van der Waals surface area contributed by atoms with E-state index in [4.69, 9.17) is 0 Å². The van der Waals surface area contributed by atoms with Crippen LogP contribution in [0.15, 0.2) is 48.8 Å². The summed E-state index contributed by atoms with van der Waals surface area (Å²) in [6.45, 7) is 4.59. The third kappa shape index (κ3) is 3.40. The fraction of sp³-hybridized carbons (Fsp3) is 0.200. The van der Waals surface area contributed by atoms with Gasteiger partial charge in [-0.3, -0.25) is 9.48 Å². The van der Waals surface area contributed by atoms with Crippen LogP contribution >= 0.6 is 0 Å². The molecule has 3 aromatic heterocycles. The van der Waals surface area contributed by atoms with Crippen molar-refractivity contribution in [1.29, 1.82) is 0 Å². The minimum atomic E-state index is -4.59. The summed E-state index contributed by atoms with van der Waals surface area (Å²) in [5.74, 6) is -0.760. The molecule has 30 heavy (non-hydrogen) atoms. The highest BCUT2D eigenvalue weighted by molar-refractivity contribution is 6.04. The van der Waals surface area contributed by atoms with Gasteiger partial charge in [0.25, 0.3) is 5.91 Å². The number of nitrogens with zero attached hydrogens (tertiary/aromatic N) is 5. The minimum absolute atomic E-state index is 0.0486. The van der Waals surface area contributed by atoms with E-state index in [2.05, 4.69) is 20.5 Å². The molecule has 0 fully saturated rings. The van der Waals surface area contributed by atoms with E-state index in [1.807, 2.05) is 18.5 Å². The van der Waals surface area contributed by atoms with Gasteiger partial charge in [0.05, 0.1) is 23.1 Å². The fourth-order valence-corrected chi connectivity index (χ4v) is 3.25. The van der Waals surface area contributed by atoms with Gasteiger partial charge >= 0.3 is 6.18 Å². The summed E-state index contributed by atoms with van der Waals surface area (Å²) in [6, 6.07) is 7.95. The van der Waals surface area contributed by atoms with Gasteiger partial charge in [0.1, 0.15) is 0 Å². The quantitative estimate of drug-likeness (QED) is 0.543. The number of alkyl halides is 3. The molecule has 0 spiro atoms. The van der Waals surface area contributed by atoms with Crippen LogP contribution in [-0.4, -0.2) is 30.3 Å². The third-order valence-corrected chi connectivity index (χ3v) is 4.75. The number of carbonyl (C=O) groups excluding carboxylic acids is 1. The minimum Gasteiger partial charge on any atom is -0.320 e. The highest BCUT2D eigenvalue weighted by Crippen LogP contribution is 2.34. The number of aromatic nitrogens is 5. The second-order valence-corrected chi connectivity index (χ2v) is 6.59.